The lowest BCUT2D eigenvalue weighted by Gasteiger charge is -2.16. The van der Waals surface area contributed by atoms with Gasteiger partial charge in [-0.3, -0.25) is 9.52 Å². The van der Waals surface area contributed by atoms with Gasteiger partial charge in [0.25, 0.3) is 10.0 Å². The number of sulfonamides is 1. The maximum atomic E-state index is 12.5. The lowest BCUT2D eigenvalue weighted by atomic mass is 9.95. The van der Waals surface area contributed by atoms with Crippen molar-refractivity contribution in [2.45, 2.75) is 18.7 Å². The van der Waals surface area contributed by atoms with Crippen molar-refractivity contribution in [3.8, 4) is 6.07 Å². The van der Waals surface area contributed by atoms with E-state index in [4.69, 9.17) is 16.9 Å². The number of para-hydroxylation sites is 1. The smallest absolute Gasteiger partial charge is 0.262 e. The normalized spacial score (nSPS) is 11.4. The Bertz CT molecular complexity index is 950. The summed E-state index contributed by atoms with van der Waals surface area (Å²) in [6.45, 7) is 2.95. The van der Waals surface area contributed by atoms with Crippen LogP contribution in [0, 0.1) is 16.7 Å². The second kappa shape index (κ2) is 7.13. The van der Waals surface area contributed by atoms with Gasteiger partial charge in [-0.25, -0.2) is 8.42 Å². The molecule has 1 amide bonds. The van der Waals surface area contributed by atoms with Crippen LogP contribution in [0.4, 0.5) is 11.4 Å². The average Bonchev–Trinajstić information content (AvgIpc) is 2.57. The Kier molecular flexibility index (Phi) is 5.36. The summed E-state index contributed by atoms with van der Waals surface area (Å²) in [5.74, 6) is -0.524. The Hall–Kier alpha value is -2.56. The first kappa shape index (κ1) is 18.8. The monoisotopic (exact) mass is 377 g/mol. The molecule has 2 rings (SSSR count). The largest absolute Gasteiger partial charge is 0.325 e. The van der Waals surface area contributed by atoms with Crippen LogP contribution in [0.3, 0.4) is 0 Å². The van der Waals surface area contributed by atoms with Crippen molar-refractivity contribution in [1.29, 1.82) is 5.26 Å². The molecule has 0 aliphatic rings. The number of nitriles is 1. The highest BCUT2D eigenvalue weighted by Gasteiger charge is 2.27. The van der Waals surface area contributed by atoms with Gasteiger partial charge in [-0.05, 0) is 44.2 Å². The molecule has 0 bridgehead atoms. The van der Waals surface area contributed by atoms with Gasteiger partial charge in [-0.1, -0.05) is 29.8 Å². The zero-order valence-electron chi connectivity index (χ0n) is 13.6. The lowest BCUT2D eigenvalue weighted by Crippen LogP contribution is -2.29. The molecule has 8 heteroatoms. The van der Waals surface area contributed by atoms with E-state index in [1.807, 2.05) is 6.07 Å². The average molecular weight is 378 g/mol. The summed E-state index contributed by atoms with van der Waals surface area (Å²) >= 11 is 5.97. The third-order valence-electron chi connectivity index (χ3n) is 3.37. The summed E-state index contributed by atoms with van der Waals surface area (Å²) in [6.07, 6.45) is 0. The molecule has 0 atom stereocenters. The Morgan fingerprint density at radius 1 is 1.16 bits per heavy atom. The standard InChI is InChI=1S/C17H16ClN3O3S/c1-17(2,11-19)16(22)20-12-6-5-7-13(10-12)25(23,24)21-15-9-4-3-8-14(15)18/h3-10,21H,1-2H3,(H,20,22). The van der Waals surface area contributed by atoms with E-state index in [0.29, 0.717) is 0 Å². The summed E-state index contributed by atoms with van der Waals surface area (Å²) in [4.78, 5) is 12.0. The molecule has 0 saturated heterocycles. The topological polar surface area (TPSA) is 99.1 Å². The zero-order chi connectivity index (χ0) is 18.7. The van der Waals surface area contributed by atoms with Crippen LogP contribution in [-0.2, 0) is 14.8 Å². The van der Waals surface area contributed by atoms with Gasteiger partial charge in [-0.15, -0.1) is 0 Å². The van der Waals surface area contributed by atoms with Crippen molar-refractivity contribution in [3.63, 3.8) is 0 Å². The van der Waals surface area contributed by atoms with Crippen LogP contribution >= 0.6 is 11.6 Å². The van der Waals surface area contributed by atoms with Crippen molar-refractivity contribution in [3.05, 3.63) is 53.6 Å². The predicted molar refractivity (Wildman–Crippen MR) is 96.7 cm³/mol. The van der Waals surface area contributed by atoms with E-state index in [9.17, 15) is 13.2 Å². The van der Waals surface area contributed by atoms with Crippen molar-refractivity contribution < 1.29 is 13.2 Å². The minimum absolute atomic E-state index is 0.0417. The minimum Gasteiger partial charge on any atom is -0.325 e. The third-order valence-corrected chi connectivity index (χ3v) is 5.06. The molecular weight excluding hydrogens is 362 g/mol. The van der Waals surface area contributed by atoms with Gasteiger partial charge < -0.3 is 5.32 Å². The molecule has 0 aromatic heterocycles. The number of hydrogen-bond acceptors (Lipinski definition) is 4. The van der Waals surface area contributed by atoms with Crippen LogP contribution in [0.1, 0.15) is 13.8 Å². The van der Waals surface area contributed by atoms with E-state index >= 15 is 0 Å². The number of nitrogens with one attached hydrogen (secondary N) is 2. The fourth-order valence-corrected chi connectivity index (χ4v) is 3.19. The Balaban J connectivity index is 2.27. The first-order valence-corrected chi connectivity index (χ1v) is 9.12. The highest BCUT2D eigenvalue weighted by atomic mass is 35.5. The SMILES string of the molecule is CC(C)(C#N)C(=O)Nc1cccc(S(=O)(=O)Nc2ccccc2Cl)c1. The molecule has 0 radical (unpaired) electrons. The van der Waals surface area contributed by atoms with E-state index in [2.05, 4.69) is 10.0 Å². The van der Waals surface area contributed by atoms with Crippen LogP contribution < -0.4 is 10.0 Å². The van der Waals surface area contributed by atoms with Crippen molar-refractivity contribution in [2.24, 2.45) is 5.41 Å². The Morgan fingerprint density at radius 2 is 1.84 bits per heavy atom. The third kappa shape index (κ3) is 4.50. The van der Waals surface area contributed by atoms with Gasteiger partial charge >= 0.3 is 0 Å². The molecular formula is C17H16ClN3O3S. The van der Waals surface area contributed by atoms with Crippen LogP contribution in [0.25, 0.3) is 0 Å². The van der Waals surface area contributed by atoms with E-state index in [-0.39, 0.29) is 21.3 Å². The van der Waals surface area contributed by atoms with Gasteiger partial charge in [0.05, 0.1) is 21.7 Å². The van der Waals surface area contributed by atoms with Gasteiger partial charge in [0, 0.05) is 5.69 Å². The van der Waals surface area contributed by atoms with Crippen LogP contribution in [-0.4, -0.2) is 14.3 Å². The maximum absolute atomic E-state index is 12.5. The van der Waals surface area contributed by atoms with Crippen LogP contribution in [0.2, 0.25) is 5.02 Å². The zero-order valence-corrected chi connectivity index (χ0v) is 15.1. The van der Waals surface area contributed by atoms with Crippen LogP contribution in [0.15, 0.2) is 53.4 Å². The molecule has 2 aromatic carbocycles. The molecule has 0 aliphatic heterocycles. The lowest BCUT2D eigenvalue weighted by molar-refractivity contribution is -0.121. The molecule has 2 aromatic rings. The highest BCUT2D eigenvalue weighted by Crippen LogP contribution is 2.25. The van der Waals surface area contributed by atoms with Gasteiger partial charge in [0.1, 0.15) is 5.41 Å². The van der Waals surface area contributed by atoms with Gasteiger partial charge in [0.15, 0.2) is 0 Å². The Labute approximate surface area is 151 Å². The molecule has 0 heterocycles. The molecule has 0 saturated carbocycles. The first-order chi connectivity index (χ1) is 11.7. The molecule has 6 nitrogen and oxygen atoms in total. The van der Waals surface area contributed by atoms with Gasteiger partial charge in [-0.2, -0.15) is 5.26 Å². The van der Waals surface area contributed by atoms with Gasteiger partial charge in [0.2, 0.25) is 5.91 Å². The quantitative estimate of drug-likeness (QED) is 0.830. The second-order valence-corrected chi connectivity index (χ2v) is 7.89. The van der Waals surface area contributed by atoms with E-state index in [1.54, 1.807) is 30.3 Å². The van der Waals surface area contributed by atoms with Crippen molar-refractivity contribution >= 4 is 38.9 Å². The first-order valence-electron chi connectivity index (χ1n) is 7.26. The van der Waals surface area contributed by atoms with Crippen LogP contribution in [0.5, 0.6) is 0 Å². The summed E-state index contributed by atoms with van der Waals surface area (Å²) in [6, 6.07) is 14.1. The number of nitrogens with zero attached hydrogens (tertiary/aromatic N) is 1. The highest BCUT2D eigenvalue weighted by molar-refractivity contribution is 7.92. The number of carbonyl (C=O) groups excluding carboxylic acids is 1. The summed E-state index contributed by atoms with van der Waals surface area (Å²) in [7, 11) is -3.89. The van der Waals surface area contributed by atoms with E-state index < -0.39 is 21.3 Å². The number of benzene rings is 2. The minimum atomic E-state index is -3.89. The van der Waals surface area contributed by atoms with Crippen molar-refractivity contribution in [2.75, 3.05) is 10.0 Å². The second-order valence-electron chi connectivity index (χ2n) is 5.80. The predicted octanol–water partition coefficient (Wildman–Crippen LogP) is 3.63. The fraction of sp³-hybridized carbons (Fsp3) is 0.176. The molecule has 0 spiro atoms. The number of rotatable bonds is 5. The molecule has 0 fully saturated rings. The Morgan fingerprint density at radius 3 is 2.48 bits per heavy atom. The summed E-state index contributed by atoms with van der Waals surface area (Å²) in [5, 5.41) is 11.8. The van der Waals surface area contributed by atoms with E-state index in [1.165, 1.54) is 32.0 Å². The fourth-order valence-electron chi connectivity index (χ4n) is 1.83. The summed E-state index contributed by atoms with van der Waals surface area (Å²) < 4.78 is 27.4. The molecule has 0 aliphatic carbocycles. The number of hydrogen-bond donors (Lipinski definition) is 2. The number of amides is 1. The molecule has 0 unspecified atom stereocenters. The molecule has 25 heavy (non-hydrogen) atoms. The number of carbonyl (C=O) groups is 1. The summed E-state index contributed by atoms with van der Waals surface area (Å²) in [5.41, 5.74) is -0.704. The maximum Gasteiger partial charge on any atom is 0.262 e. The van der Waals surface area contributed by atoms with Crippen molar-refractivity contribution in [1.82, 2.24) is 0 Å². The molecule has 130 valence electrons. The molecule has 2 N–H and O–H groups in total. The number of anilines is 2. The van der Waals surface area contributed by atoms with E-state index in [0.717, 1.165) is 0 Å². The number of halogens is 1.